The molecule has 4 aromatic carbocycles. The molecule has 0 bridgehead atoms. The number of hydrogen-bond donors (Lipinski definition) is 1. The van der Waals surface area contributed by atoms with Crippen molar-refractivity contribution >= 4 is 50.7 Å². The van der Waals surface area contributed by atoms with E-state index in [1.807, 2.05) is 30.3 Å². The molecule has 0 aliphatic carbocycles. The zero-order valence-electron chi connectivity index (χ0n) is 24.3. The molecular weight excluding hydrogens is 621 g/mol. The van der Waals surface area contributed by atoms with Crippen molar-refractivity contribution < 1.29 is 22.7 Å². The molecule has 1 N–H and O–H groups in total. The molecule has 4 rings (SSSR count). The van der Waals surface area contributed by atoms with E-state index in [1.54, 1.807) is 55.5 Å². The van der Waals surface area contributed by atoms with E-state index in [9.17, 15) is 18.0 Å². The summed E-state index contributed by atoms with van der Waals surface area (Å²) < 4.78 is 34.7. The van der Waals surface area contributed by atoms with Crippen molar-refractivity contribution in [3.8, 4) is 5.75 Å². The number of sulfonamides is 1. The Morgan fingerprint density at radius 3 is 2.16 bits per heavy atom. The minimum atomic E-state index is -4.31. The highest BCUT2D eigenvalue weighted by atomic mass is 35.5. The van der Waals surface area contributed by atoms with Crippen molar-refractivity contribution in [2.75, 3.05) is 24.5 Å². The van der Waals surface area contributed by atoms with Crippen LogP contribution in [0.15, 0.2) is 108 Å². The summed E-state index contributed by atoms with van der Waals surface area (Å²) >= 11 is 12.8. The van der Waals surface area contributed by atoms with Gasteiger partial charge in [-0.05, 0) is 54.4 Å². The van der Waals surface area contributed by atoms with Gasteiger partial charge in [0.25, 0.3) is 10.0 Å². The maximum absolute atomic E-state index is 14.5. The summed E-state index contributed by atoms with van der Waals surface area (Å²) in [7, 11) is -2.91. The second kappa shape index (κ2) is 15.1. The molecule has 0 saturated heterocycles. The summed E-state index contributed by atoms with van der Waals surface area (Å²) in [5.74, 6) is -0.808. The number of benzene rings is 4. The number of ether oxygens (including phenoxy) is 1. The lowest BCUT2D eigenvalue weighted by molar-refractivity contribution is -0.140. The maximum atomic E-state index is 14.5. The van der Waals surface area contributed by atoms with Crippen molar-refractivity contribution in [2.45, 2.75) is 30.8 Å². The monoisotopic (exact) mass is 653 g/mol. The lowest BCUT2D eigenvalue weighted by Crippen LogP contribution is -2.53. The molecule has 1 atom stereocenters. The average Bonchev–Trinajstić information content (AvgIpc) is 3.03. The fourth-order valence-corrected chi connectivity index (χ4v) is 6.55. The van der Waals surface area contributed by atoms with Crippen molar-refractivity contribution in [1.29, 1.82) is 0 Å². The van der Waals surface area contributed by atoms with Gasteiger partial charge in [0.15, 0.2) is 0 Å². The average molecular weight is 655 g/mol. The van der Waals surface area contributed by atoms with Gasteiger partial charge < -0.3 is 15.0 Å². The van der Waals surface area contributed by atoms with Crippen LogP contribution in [0.4, 0.5) is 5.69 Å². The van der Waals surface area contributed by atoms with Crippen LogP contribution in [0, 0.1) is 0 Å². The molecule has 0 radical (unpaired) electrons. The van der Waals surface area contributed by atoms with Crippen molar-refractivity contribution in [1.82, 2.24) is 10.2 Å². The summed E-state index contributed by atoms with van der Waals surface area (Å²) in [5, 5.41) is 3.49. The summed E-state index contributed by atoms with van der Waals surface area (Å²) in [4.78, 5) is 29.4. The molecule has 0 aliphatic heterocycles. The number of carbonyl (C=O) groups excluding carboxylic acids is 2. The number of amides is 2. The lowest BCUT2D eigenvalue weighted by Gasteiger charge is -2.34. The third-order valence-electron chi connectivity index (χ3n) is 6.94. The lowest BCUT2D eigenvalue weighted by atomic mass is 10.0. The molecule has 1 unspecified atom stereocenters. The van der Waals surface area contributed by atoms with Crippen LogP contribution < -0.4 is 14.4 Å². The van der Waals surface area contributed by atoms with Crippen LogP contribution in [0.1, 0.15) is 18.1 Å². The van der Waals surface area contributed by atoms with E-state index in [0.717, 1.165) is 9.87 Å². The van der Waals surface area contributed by atoms with Crippen molar-refractivity contribution in [2.24, 2.45) is 0 Å². The summed E-state index contributed by atoms with van der Waals surface area (Å²) in [5.41, 5.74) is 1.50. The minimum Gasteiger partial charge on any atom is -0.495 e. The number of halogens is 2. The highest BCUT2D eigenvalue weighted by Crippen LogP contribution is 2.35. The van der Waals surface area contributed by atoms with Gasteiger partial charge in [0.2, 0.25) is 11.8 Å². The molecule has 0 fully saturated rings. The highest BCUT2D eigenvalue weighted by Gasteiger charge is 2.35. The maximum Gasteiger partial charge on any atom is 0.264 e. The molecule has 2 amide bonds. The topological polar surface area (TPSA) is 96.0 Å². The number of nitrogens with one attached hydrogen (secondary N) is 1. The third kappa shape index (κ3) is 7.91. The van der Waals surface area contributed by atoms with E-state index in [-0.39, 0.29) is 40.2 Å². The zero-order valence-corrected chi connectivity index (χ0v) is 26.6. The Labute approximate surface area is 268 Å². The first-order valence-corrected chi connectivity index (χ1v) is 16.1. The Bertz CT molecular complexity index is 1690. The van der Waals surface area contributed by atoms with E-state index >= 15 is 0 Å². The van der Waals surface area contributed by atoms with Gasteiger partial charge in [-0.15, -0.1) is 0 Å². The van der Waals surface area contributed by atoms with Gasteiger partial charge in [-0.2, -0.15) is 0 Å². The zero-order chi connectivity index (χ0) is 31.7. The van der Waals surface area contributed by atoms with Crippen LogP contribution >= 0.6 is 23.2 Å². The van der Waals surface area contributed by atoms with Crippen LogP contribution in [0.3, 0.4) is 0 Å². The van der Waals surface area contributed by atoms with Crippen LogP contribution in [-0.4, -0.2) is 51.4 Å². The van der Waals surface area contributed by atoms with Crippen LogP contribution in [0.5, 0.6) is 5.75 Å². The molecule has 0 saturated carbocycles. The first-order chi connectivity index (χ1) is 21.1. The fraction of sp³-hybridized carbons (Fsp3) is 0.212. The van der Waals surface area contributed by atoms with E-state index in [2.05, 4.69) is 5.32 Å². The van der Waals surface area contributed by atoms with Crippen LogP contribution in [0.2, 0.25) is 10.0 Å². The Hall–Kier alpha value is -4.05. The molecule has 230 valence electrons. The fourth-order valence-electron chi connectivity index (χ4n) is 4.75. The van der Waals surface area contributed by atoms with Gasteiger partial charge in [-0.25, -0.2) is 8.42 Å². The predicted octanol–water partition coefficient (Wildman–Crippen LogP) is 5.97. The summed E-state index contributed by atoms with van der Waals surface area (Å²) in [6.07, 6.45) is 0.189. The number of anilines is 1. The predicted molar refractivity (Wildman–Crippen MR) is 174 cm³/mol. The minimum absolute atomic E-state index is 0.0305. The molecule has 4 aromatic rings. The molecule has 0 spiro atoms. The first kappa shape index (κ1) is 32.9. The van der Waals surface area contributed by atoms with Crippen LogP contribution in [0.25, 0.3) is 0 Å². The first-order valence-electron chi connectivity index (χ1n) is 13.9. The number of likely N-dealkylation sites (N-methyl/N-ethyl adjacent to an activating group) is 1. The third-order valence-corrected chi connectivity index (χ3v) is 9.32. The molecule has 0 aromatic heterocycles. The van der Waals surface area contributed by atoms with Crippen molar-refractivity contribution in [3.63, 3.8) is 0 Å². The standard InChI is InChI=1S/C33H33Cl2N3O5S/c1-3-36-33(40)30(20-24-12-6-4-7-13-24)37(22-25-14-10-11-17-28(25)35)32(39)23-38(29-21-26(34)18-19-31(29)43-2)44(41,42)27-15-8-5-9-16-27/h4-19,21,30H,3,20,22-23H2,1-2H3,(H,36,40). The molecule has 0 heterocycles. The van der Waals surface area contributed by atoms with Gasteiger partial charge in [0.1, 0.15) is 18.3 Å². The number of nitrogens with zero attached hydrogens (tertiary/aromatic N) is 2. The molecule has 8 nitrogen and oxygen atoms in total. The Kier molecular flexibility index (Phi) is 11.3. The Balaban J connectivity index is 1.85. The number of carbonyl (C=O) groups is 2. The van der Waals surface area contributed by atoms with Gasteiger partial charge in [-0.1, -0.05) is 89.9 Å². The Morgan fingerprint density at radius 1 is 0.886 bits per heavy atom. The second-order valence-electron chi connectivity index (χ2n) is 9.85. The number of rotatable bonds is 13. The highest BCUT2D eigenvalue weighted by molar-refractivity contribution is 7.92. The van der Waals surface area contributed by atoms with Gasteiger partial charge in [-0.3, -0.25) is 13.9 Å². The smallest absolute Gasteiger partial charge is 0.264 e. The van der Waals surface area contributed by atoms with Crippen molar-refractivity contribution in [3.05, 3.63) is 124 Å². The van der Waals surface area contributed by atoms with E-state index < -0.39 is 28.5 Å². The Morgan fingerprint density at radius 2 is 1.52 bits per heavy atom. The molecule has 11 heteroatoms. The molecular formula is C33H33Cl2N3O5S. The van der Waals surface area contributed by atoms with Gasteiger partial charge in [0, 0.05) is 29.6 Å². The van der Waals surface area contributed by atoms with E-state index in [1.165, 1.54) is 36.3 Å². The number of hydrogen-bond acceptors (Lipinski definition) is 5. The molecule has 44 heavy (non-hydrogen) atoms. The normalized spacial score (nSPS) is 11.8. The molecule has 0 aliphatic rings. The summed E-state index contributed by atoms with van der Waals surface area (Å²) in [6, 6.07) is 27.6. The summed E-state index contributed by atoms with van der Waals surface area (Å²) in [6.45, 7) is 1.44. The van der Waals surface area contributed by atoms with Gasteiger partial charge >= 0.3 is 0 Å². The van der Waals surface area contributed by atoms with Crippen LogP contribution in [-0.2, 0) is 32.6 Å². The quantitative estimate of drug-likeness (QED) is 0.192. The SMILES string of the molecule is CCNC(=O)C(Cc1ccccc1)N(Cc1ccccc1Cl)C(=O)CN(c1cc(Cl)ccc1OC)S(=O)(=O)c1ccccc1. The second-order valence-corrected chi connectivity index (χ2v) is 12.6. The van der Waals surface area contributed by atoms with E-state index in [4.69, 9.17) is 27.9 Å². The van der Waals surface area contributed by atoms with E-state index in [0.29, 0.717) is 17.1 Å². The number of methoxy groups -OCH3 is 1. The van der Waals surface area contributed by atoms with Gasteiger partial charge in [0.05, 0.1) is 17.7 Å². The largest absolute Gasteiger partial charge is 0.495 e.